The molecule has 172 valence electrons. The van der Waals surface area contributed by atoms with E-state index in [0.29, 0.717) is 36.5 Å². The van der Waals surface area contributed by atoms with Crippen LogP contribution >= 0.6 is 0 Å². The van der Waals surface area contributed by atoms with Gasteiger partial charge in [0, 0.05) is 10.8 Å². The largest absolute Gasteiger partial charge is 0.493 e. The number of carboxylic acids is 1. The lowest BCUT2D eigenvalue weighted by Crippen LogP contribution is -2.15. The molecule has 0 saturated heterocycles. The van der Waals surface area contributed by atoms with E-state index in [0.717, 1.165) is 49.3 Å². The normalized spacial score (nSPS) is 13.2. The minimum Gasteiger partial charge on any atom is -0.493 e. The van der Waals surface area contributed by atoms with Crippen molar-refractivity contribution in [2.24, 2.45) is 11.8 Å². The van der Waals surface area contributed by atoms with Gasteiger partial charge in [0.1, 0.15) is 17.1 Å². The molecular formula is C27H40O4. The average molecular weight is 429 g/mol. The first kappa shape index (κ1) is 25.0. The van der Waals surface area contributed by atoms with Gasteiger partial charge < -0.3 is 14.6 Å². The Morgan fingerprint density at radius 2 is 1.42 bits per heavy atom. The van der Waals surface area contributed by atoms with Crippen molar-refractivity contribution in [1.29, 1.82) is 0 Å². The fourth-order valence-corrected chi connectivity index (χ4v) is 3.95. The third-order valence-electron chi connectivity index (χ3n) is 6.21. The molecule has 4 nitrogen and oxygen atoms in total. The van der Waals surface area contributed by atoms with Gasteiger partial charge >= 0.3 is 5.97 Å². The molecule has 0 saturated carbocycles. The van der Waals surface area contributed by atoms with Gasteiger partial charge in [0.05, 0.1) is 13.2 Å². The van der Waals surface area contributed by atoms with Gasteiger partial charge in [-0.3, -0.25) is 0 Å². The minimum atomic E-state index is -0.981. The van der Waals surface area contributed by atoms with Crippen molar-refractivity contribution >= 4 is 16.7 Å². The summed E-state index contributed by atoms with van der Waals surface area (Å²) in [5, 5.41) is 11.6. The molecule has 0 aliphatic rings. The molecular weight excluding hydrogens is 388 g/mol. The summed E-state index contributed by atoms with van der Waals surface area (Å²) < 4.78 is 12.4. The number of aromatic carboxylic acids is 1. The maximum absolute atomic E-state index is 12.1. The first-order valence-electron chi connectivity index (χ1n) is 12.1. The van der Waals surface area contributed by atoms with E-state index < -0.39 is 5.97 Å². The Labute approximate surface area is 187 Å². The molecule has 1 N–H and O–H groups in total. The highest BCUT2D eigenvalue weighted by atomic mass is 16.5. The summed E-state index contributed by atoms with van der Waals surface area (Å²) in [5.74, 6) is 1.02. The average Bonchev–Trinajstić information content (AvgIpc) is 2.79. The highest BCUT2D eigenvalue weighted by molar-refractivity contribution is 6.03. The zero-order valence-corrected chi connectivity index (χ0v) is 19.8. The summed E-state index contributed by atoms with van der Waals surface area (Å²) in [6, 6.07) is 9.47. The van der Waals surface area contributed by atoms with Crippen LogP contribution in [0.5, 0.6) is 11.5 Å². The van der Waals surface area contributed by atoms with Crippen molar-refractivity contribution in [1.82, 2.24) is 0 Å². The van der Waals surface area contributed by atoms with Crippen molar-refractivity contribution in [3.05, 3.63) is 35.9 Å². The number of hydrogen-bond donors (Lipinski definition) is 1. The van der Waals surface area contributed by atoms with E-state index in [1.807, 2.05) is 24.3 Å². The molecule has 0 aliphatic heterocycles. The van der Waals surface area contributed by atoms with Gasteiger partial charge in [0.2, 0.25) is 0 Å². The standard InChI is InChI=1S/C27H40O4/c1-5-9-13-20(7-3)18-30-25-17-24(27(28)29)26(23-16-12-11-15-22(23)25)31-19-21(8-4)14-10-6-2/h11-12,15-17,20-21H,5-10,13-14,18-19H2,1-4H3,(H,28,29). The summed E-state index contributed by atoms with van der Waals surface area (Å²) in [4.78, 5) is 12.1. The van der Waals surface area contributed by atoms with E-state index in [-0.39, 0.29) is 5.56 Å². The van der Waals surface area contributed by atoms with Crippen LogP contribution in [-0.2, 0) is 0 Å². The van der Waals surface area contributed by atoms with Crippen LogP contribution in [0, 0.1) is 11.8 Å². The lowest BCUT2D eigenvalue weighted by Gasteiger charge is -2.21. The fraction of sp³-hybridized carbons (Fsp3) is 0.593. The lowest BCUT2D eigenvalue weighted by molar-refractivity contribution is 0.0690. The van der Waals surface area contributed by atoms with E-state index in [4.69, 9.17) is 9.47 Å². The highest BCUT2D eigenvalue weighted by Crippen LogP contribution is 2.38. The van der Waals surface area contributed by atoms with Crippen LogP contribution in [0.2, 0.25) is 0 Å². The van der Waals surface area contributed by atoms with Crippen molar-refractivity contribution in [3.8, 4) is 11.5 Å². The van der Waals surface area contributed by atoms with Crippen LogP contribution in [-0.4, -0.2) is 24.3 Å². The first-order valence-corrected chi connectivity index (χ1v) is 12.1. The summed E-state index contributed by atoms with van der Waals surface area (Å²) in [6.45, 7) is 9.88. The molecule has 0 aliphatic carbocycles. The van der Waals surface area contributed by atoms with Crippen molar-refractivity contribution in [3.63, 3.8) is 0 Å². The number of carboxylic acid groups (broad SMARTS) is 1. The number of rotatable bonds is 15. The van der Waals surface area contributed by atoms with Gasteiger partial charge in [-0.05, 0) is 30.7 Å². The Morgan fingerprint density at radius 3 is 1.94 bits per heavy atom. The number of hydrogen-bond acceptors (Lipinski definition) is 3. The summed E-state index contributed by atoms with van der Waals surface area (Å²) in [5.41, 5.74) is 0.181. The number of ether oxygens (including phenoxy) is 2. The second kappa shape index (κ2) is 13.2. The molecule has 0 fully saturated rings. The number of carbonyl (C=O) groups is 1. The zero-order valence-electron chi connectivity index (χ0n) is 19.8. The smallest absolute Gasteiger partial charge is 0.339 e. The van der Waals surface area contributed by atoms with E-state index >= 15 is 0 Å². The molecule has 0 radical (unpaired) electrons. The molecule has 0 aromatic heterocycles. The van der Waals surface area contributed by atoms with Crippen molar-refractivity contribution in [2.75, 3.05) is 13.2 Å². The van der Waals surface area contributed by atoms with Crippen LogP contribution in [0.1, 0.15) is 89.4 Å². The van der Waals surface area contributed by atoms with Crippen LogP contribution in [0.25, 0.3) is 10.8 Å². The topological polar surface area (TPSA) is 55.8 Å². The Kier molecular flexibility index (Phi) is 10.7. The molecule has 4 heteroatoms. The van der Waals surface area contributed by atoms with E-state index in [2.05, 4.69) is 27.7 Å². The Morgan fingerprint density at radius 1 is 0.871 bits per heavy atom. The Hall–Kier alpha value is -2.23. The molecule has 2 aromatic carbocycles. The van der Waals surface area contributed by atoms with Gasteiger partial charge in [0.25, 0.3) is 0 Å². The van der Waals surface area contributed by atoms with Crippen molar-refractivity contribution in [2.45, 2.75) is 79.1 Å². The summed E-state index contributed by atoms with van der Waals surface area (Å²) in [6.07, 6.45) is 9.00. The fourth-order valence-electron chi connectivity index (χ4n) is 3.95. The number of fused-ring (bicyclic) bond motifs is 1. The predicted molar refractivity (Wildman–Crippen MR) is 129 cm³/mol. The first-order chi connectivity index (χ1) is 15.0. The molecule has 2 rings (SSSR count). The molecule has 0 spiro atoms. The van der Waals surface area contributed by atoms with Gasteiger partial charge in [-0.15, -0.1) is 0 Å². The lowest BCUT2D eigenvalue weighted by atomic mass is 9.99. The maximum Gasteiger partial charge on any atom is 0.339 e. The second-order valence-corrected chi connectivity index (χ2v) is 8.56. The second-order valence-electron chi connectivity index (χ2n) is 8.56. The molecule has 0 amide bonds. The monoisotopic (exact) mass is 428 g/mol. The summed E-state index contributed by atoms with van der Waals surface area (Å²) in [7, 11) is 0. The molecule has 2 aromatic rings. The van der Waals surface area contributed by atoms with E-state index in [1.165, 1.54) is 12.8 Å². The molecule has 31 heavy (non-hydrogen) atoms. The van der Waals surface area contributed by atoms with E-state index in [9.17, 15) is 9.90 Å². The van der Waals surface area contributed by atoms with Crippen LogP contribution < -0.4 is 9.47 Å². The summed E-state index contributed by atoms with van der Waals surface area (Å²) >= 11 is 0. The SMILES string of the molecule is CCCCC(CC)COc1cc(C(=O)O)c(OCC(CC)CCCC)c2ccccc12. The Bertz CT molecular complexity index is 814. The zero-order chi connectivity index (χ0) is 22.6. The molecule has 2 atom stereocenters. The van der Waals surface area contributed by atoms with Gasteiger partial charge in [-0.2, -0.15) is 0 Å². The van der Waals surface area contributed by atoms with Crippen molar-refractivity contribution < 1.29 is 19.4 Å². The number of benzene rings is 2. The number of unbranched alkanes of at least 4 members (excludes halogenated alkanes) is 2. The third-order valence-corrected chi connectivity index (χ3v) is 6.21. The van der Waals surface area contributed by atoms with Gasteiger partial charge in [0.15, 0.2) is 0 Å². The maximum atomic E-state index is 12.1. The van der Waals surface area contributed by atoms with Crippen LogP contribution in [0.4, 0.5) is 0 Å². The highest BCUT2D eigenvalue weighted by Gasteiger charge is 2.21. The predicted octanol–water partition coefficient (Wildman–Crippen LogP) is 7.73. The molecule has 0 bridgehead atoms. The van der Waals surface area contributed by atoms with Gasteiger partial charge in [-0.1, -0.05) is 90.5 Å². The Balaban J connectivity index is 2.33. The van der Waals surface area contributed by atoms with Crippen LogP contribution in [0.3, 0.4) is 0 Å². The molecule has 0 heterocycles. The quantitative estimate of drug-likeness (QED) is 0.315. The van der Waals surface area contributed by atoms with Gasteiger partial charge in [-0.25, -0.2) is 4.79 Å². The van der Waals surface area contributed by atoms with Crippen LogP contribution in [0.15, 0.2) is 30.3 Å². The third kappa shape index (κ3) is 7.15. The van der Waals surface area contributed by atoms with E-state index in [1.54, 1.807) is 6.07 Å². The molecule has 2 unspecified atom stereocenters. The minimum absolute atomic E-state index is 0.181.